The molecular weight excluding hydrogens is 456 g/mol. The minimum absolute atomic E-state index is 0.157. The van der Waals surface area contributed by atoms with E-state index in [-0.39, 0.29) is 24.4 Å². The van der Waals surface area contributed by atoms with Crippen molar-refractivity contribution in [3.8, 4) is 0 Å². The van der Waals surface area contributed by atoms with Crippen LogP contribution >= 0.6 is 0 Å². The number of fused-ring (bicyclic) bond motifs is 2. The Kier molecular flexibility index (Phi) is 7.59. The van der Waals surface area contributed by atoms with Crippen LogP contribution in [0.3, 0.4) is 0 Å². The third-order valence-corrected chi connectivity index (χ3v) is 9.01. The summed E-state index contributed by atoms with van der Waals surface area (Å²) in [6, 6.07) is 0. The summed E-state index contributed by atoms with van der Waals surface area (Å²) < 4.78 is 11.9. The number of aliphatic hydroxyl groups excluding tert-OH is 6. The summed E-state index contributed by atoms with van der Waals surface area (Å²) in [5, 5.41) is 73.7. The highest BCUT2D eigenvalue weighted by molar-refractivity contribution is 5.42. The Balaban J connectivity index is 1.80. The Morgan fingerprint density at radius 2 is 1.74 bits per heavy atom. The number of ether oxygens (including phenoxy) is 2. The van der Waals surface area contributed by atoms with Crippen LogP contribution in [0.5, 0.6) is 0 Å². The minimum Gasteiger partial charge on any atom is -0.394 e. The first-order valence-corrected chi connectivity index (χ1v) is 12.8. The SMILES string of the molecule is CC(C)C1=C2C(OC3OC(CO)C(O)C(O)C3O)C(O)C(C)C3CCC(O)(CO)C3=CC2(C)CC1. The van der Waals surface area contributed by atoms with Gasteiger partial charge in [-0.25, -0.2) is 0 Å². The Morgan fingerprint density at radius 1 is 1.06 bits per heavy atom. The van der Waals surface area contributed by atoms with Gasteiger partial charge in [-0.2, -0.15) is 0 Å². The summed E-state index contributed by atoms with van der Waals surface area (Å²) in [7, 11) is 0. The van der Waals surface area contributed by atoms with E-state index >= 15 is 0 Å². The molecule has 11 atom stereocenters. The Hall–Kier alpha value is -0.880. The second kappa shape index (κ2) is 9.78. The fourth-order valence-corrected chi connectivity index (χ4v) is 6.79. The van der Waals surface area contributed by atoms with Gasteiger partial charge in [0.2, 0.25) is 0 Å². The molecule has 7 N–H and O–H groups in total. The van der Waals surface area contributed by atoms with Crippen LogP contribution in [-0.2, 0) is 9.47 Å². The molecular formula is C26H42O9. The highest BCUT2D eigenvalue weighted by atomic mass is 16.7. The molecule has 1 saturated heterocycles. The molecule has 2 fully saturated rings. The molecule has 9 heteroatoms. The van der Waals surface area contributed by atoms with Crippen LogP contribution in [0, 0.1) is 23.2 Å². The maximum Gasteiger partial charge on any atom is 0.187 e. The first-order valence-electron chi connectivity index (χ1n) is 12.8. The van der Waals surface area contributed by atoms with Gasteiger partial charge >= 0.3 is 0 Å². The van der Waals surface area contributed by atoms with Crippen LogP contribution in [0.4, 0.5) is 0 Å². The fourth-order valence-electron chi connectivity index (χ4n) is 6.79. The van der Waals surface area contributed by atoms with Gasteiger partial charge in [-0.3, -0.25) is 0 Å². The third kappa shape index (κ3) is 4.43. The molecule has 0 amide bonds. The van der Waals surface area contributed by atoms with Gasteiger partial charge in [-0.05, 0) is 54.6 Å². The van der Waals surface area contributed by atoms with E-state index in [0.29, 0.717) is 12.8 Å². The van der Waals surface area contributed by atoms with E-state index in [0.717, 1.165) is 29.6 Å². The second-order valence-corrected chi connectivity index (χ2v) is 11.5. The summed E-state index contributed by atoms with van der Waals surface area (Å²) in [4.78, 5) is 0. The van der Waals surface area contributed by atoms with Crippen molar-refractivity contribution in [2.24, 2.45) is 23.2 Å². The zero-order valence-corrected chi connectivity index (χ0v) is 21.0. The van der Waals surface area contributed by atoms with E-state index in [2.05, 4.69) is 19.9 Å². The molecule has 3 aliphatic carbocycles. The summed E-state index contributed by atoms with van der Waals surface area (Å²) >= 11 is 0. The van der Waals surface area contributed by atoms with E-state index in [4.69, 9.17) is 9.47 Å². The molecule has 4 aliphatic rings. The molecule has 1 saturated carbocycles. The van der Waals surface area contributed by atoms with E-state index in [1.54, 1.807) is 0 Å². The van der Waals surface area contributed by atoms with Crippen molar-refractivity contribution in [2.45, 2.75) is 102 Å². The van der Waals surface area contributed by atoms with Crippen molar-refractivity contribution < 1.29 is 45.2 Å². The van der Waals surface area contributed by atoms with Crippen molar-refractivity contribution in [1.82, 2.24) is 0 Å². The number of allylic oxidation sites excluding steroid dienone is 2. The largest absolute Gasteiger partial charge is 0.394 e. The van der Waals surface area contributed by atoms with Crippen molar-refractivity contribution >= 4 is 0 Å². The van der Waals surface area contributed by atoms with Crippen LogP contribution in [0.25, 0.3) is 0 Å². The van der Waals surface area contributed by atoms with Crippen molar-refractivity contribution in [3.63, 3.8) is 0 Å². The molecule has 0 spiro atoms. The molecule has 11 unspecified atom stereocenters. The predicted octanol–water partition coefficient (Wildman–Crippen LogP) is -0.00540. The predicted molar refractivity (Wildman–Crippen MR) is 126 cm³/mol. The third-order valence-electron chi connectivity index (χ3n) is 9.01. The standard InChI is InChI=1S/C26H42O9/c1-12(2)14-5-7-25(4)9-16-15(6-8-26(16,33)11-28)13(3)19(29)23(18(14)25)35-24-22(32)21(31)20(30)17(10-27)34-24/h9,12-13,15,17,19-24,27-33H,5-8,10-11H2,1-4H3. The highest BCUT2D eigenvalue weighted by Gasteiger charge is 2.54. The summed E-state index contributed by atoms with van der Waals surface area (Å²) in [6.07, 6.45) is -4.46. The average Bonchev–Trinajstić information content (AvgIpc) is 3.33. The zero-order chi connectivity index (χ0) is 25.9. The van der Waals surface area contributed by atoms with Gasteiger partial charge in [0, 0.05) is 5.41 Å². The van der Waals surface area contributed by atoms with Crippen LogP contribution < -0.4 is 0 Å². The Morgan fingerprint density at radius 3 is 2.34 bits per heavy atom. The van der Waals surface area contributed by atoms with Gasteiger partial charge < -0.3 is 45.2 Å². The molecule has 1 aliphatic heterocycles. The molecule has 0 radical (unpaired) electrons. The quantitative estimate of drug-likeness (QED) is 0.259. The lowest BCUT2D eigenvalue weighted by Gasteiger charge is -2.46. The van der Waals surface area contributed by atoms with Crippen LogP contribution in [0.1, 0.15) is 53.4 Å². The lowest BCUT2D eigenvalue weighted by atomic mass is 9.68. The van der Waals surface area contributed by atoms with Gasteiger partial charge in [-0.15, -0.1) is 0 Å². The summed E-state index contributed by atoms with van der Waals surface area (Å²) in [6.45, 7) is 7.13. The normalized spacial score (nSPS) is 48.5. The topological polar surface area (TPSA) is 160 Å². The molecule has 35 heavy (non-hydrogen) atoms. The van der Waals surface area contributed by atoms with E-state index < -0.39 is 60.5 Å². The van der Waals surface area contributed by atoms with E-state index in [9.17, 15) is 35.7 Å². The van der Waals surface area contributed by atoms with E-state index in [1.165, 1.54) is 0 Å². The van der Waals surface area contributed by atoms with Gasteiger partial charge in [0.1, 0.15) is 36.1 Å². The molecule has 0 bridgehead atoms. The van der Waals surface area contributed by atoms with Crippen molar-refractivity contribution in [1.29, 1.82) is 0 Å². The Labute approximate surface area is 206 Å². The number of rotatable bonds is 5. The van der Waals surface area contributed by atoms with Gasteiger partial charge in [0.15, 0.2) is 6.29 Å². The minimum atomic E-state index is -1.58. The molecule has 200 valence electrons. The molecule has 0 aromatic carbocycles. The summed E-state index contributed by atoms with van der Waals surface area (Å²) in [5.41, 5.74) is 0.859. The first-order chi connectivity index (χ1) is 16.4. The lowest BCUT2D eigenvalue weighted by Crippen LogP contribution is -2.60. The zero-order valence-electron chi connectivity index (χ0n) is 21.0. The van der Waals surface area contributed by atoms with Crippen molar-refractivity contribution in [2.75, 3.05) is 13.2 Å². The maximum absolute atomic E-state index is 11.7. The van der Waals surface area contributed by atoms with Crippen LogP contribution in [0.15, 0.2) is 22.8 Å². The first kappa shape index (κ1) is 27.2. The second-order valence-electron chi connectivity index (χ2n) is 11.5. The molecule has 0 aromatic heterocycles. The van der Waals surface area contributed by atoms with Crippen LogP contribution in [0.2, 0.25) is 0 Å². The summed E-state index contributed by atoms with van der Waals surface area (Å²) in [5.74, 6) is -0.351. The van der Waals surface area contributed by atoms with Gasteiger partial charge in [0.25, 0.3) is 0 Å². The number of aliphatic hydroxyl groups is 7. The van der Waals surface area contributed by atoms with Crippen LogP contribution in [-0.4, -0.2) is 97.5 Å². The fraction of sp³-hybridized carbons (Fsp3) is 0.846. The Bertz CT molecular complexity index is 854. The molecule has 9 nitrogen and oxygen atoms in total. The molecule has 4 rings (SSSR count). The van der Waals surface area contributed by atoms with Gasteiger partial charge in [-0.1, -0.05) is 39.3 Å². The van der Waals surface area contributed by atoms with E-state index in [1.807, 2.05) is 13.8 Å². The maximum atomic E-state index is 11.7. The lowest BCUT2D eigenvalue weighted by molar-refractivity contribution is -0.315. The van der Waals surface area contributed by atoms with Gasteiger partial charge in [0.05, 0.1) is 19.3 Å². The number of hydrogen-bond donors (Lipinski definition) is 7. The number of hydrogen-bond acceptors (Lipinski definition) is 9. The van der Waals surface area contributed by atoms with Crippen molar-refractivity contribution in [3.05, 3.63) is 22.8 Å². The smallest absolute Gasteiger partial charge is 0.187 e. The highest BCUT2D eigenvalue weighted by Crippen LogP contribution is 2.56. The molecule has 0 aromatic rings. The monoisotopic (exact) mass is 498 g/mol. The molecule has 1 heterocycles. The average molecular weight is 499 g/mol.